The summed E-state index contributed by atoms with van der Waals surface area (Å²) >= 11 is 0. The van der Waals surface area contributed by atoms with Crippen LogP contribution in [0.25, 0.3) is 0 Å². The van der Waals surface area contributed by atoms with Crippen molar-refractivity contribution in [2.75, 3.05) is 14.2 Å². The predicted octanol–water partition coefficient (Wildman–Crippen LogP) is 0.335. The fourth-order valence-electron chi connectivity index (χ4n) is 1.77. The van der Waals surface area contributed by atoms with Gasteiger partial charge in [-0.3, -0.25) is 4.79 Å². The average Bonchev–Trinajstić information content (AvgIpc) is 2.16. The minimum absolute atomic E-state index is 0.124. The molecule has 1 fully saturated rings. The van der Waals surface area contributed by atoms with Crippen molar-refractivity contribution in [3.8, 4) is 0 Å². The summed E-state index contributed by atoms with van der Waals surface area (Å²) in [6.07, 6.45) is 1.24. The van der Waals surface area contributed by atoms with Crippen LogP contribution in [-0.2, 0) is 14.3 Å². The molecule has 1 aliphatic rings. The Morgan fingerprint density at radius 2 is 2.08 bits per heavy atom. The summed E-state index contributed by atoms with van der Waals surface area (Å²) in [4.78, 5) is 11.1. The van der Waals surface area contributed by atoms with Gasteiger partial charge >= 0.3 is 5.97 Å². The zero-order chi connectivity index (χ0) is 9.84. The number of rotatable bonds is 2. The second-order valence-electron chi connectivity index (χ2n) is 3.37. The van der Waals surface area contributed by atoms with Crippen molar-refractivity contribution in [2.24, 2.45) is 5.92 Å². The molecule has 0 aromatic carbocycles. The molecule has 4 heteroatoms. The van der Waals surface area contributed by atoms with Crippen LogP contribution in [-0.4, -0.2) is 37.5 Å². The molecule has 1 aliphatic carbocycles. The number of esters is 1. The number of methoxy groups -OCH3 is 2. The van der Waals surface area contributed by atoms with Crippen molar-refractivity contribution >= 4 is 5.97 Å². The highest BCUT2D eigenvalue weighted by molar-refractivity contribution is 5.72. The van der Waals surface area contributed by atoms with E-state index in [1.54, 1.807) is 7.11 Å². The molecule has 76 valence electrons. The van der Waals surface area contributed by atoms with Gasteiger partial charge in [-0.2, -0.15) is 0 Å². The van der Waals surface area contributed by atoms with Crippen molar-refractivity contribution in [3.63, 3.8) is 0 Å². The monoisotopic (exact) mass is 188 g/mol. The van der Waals surface area contributed by atoms with Gasteiger partial charge in [0.05, 0.1) is 25.2 Å². The van der Waals surface area contributed by atoms with E-state index in [1.165, 1.54) is 7.11 Å². The SMILES string of the molecule is COC(=O)C1CCC(OC)C(O)C1. The van der Waals surface area contributed by atoms with E-state index in [2.05, 4.69) is 4.74 Å². The van der Waals surface area contributed by atoms with Gasteiger partial charge in [0, 0.05) is 7.11 Å². The lowest BCUT2D eigenvalue weighted by atomic mass is 9.85. The van der Waals surface area contributed by atoms with Crippen molar-refractivity contribution in [2.45, 2.75) is 31.5 Å². The second kappa shape index (κ2) is 4.58. The number of hydrogen-bond acceptors (Lipinski definition) is 4. The number of aliphatic hydroxyl groups excluding tert-OH is 1. The van der Waals surface area contributed by atoms with Crippen molar-refractivity contribution in [1.82, 2.24) is 0 Å². The van der Waals surface area contributed by atoms with Crippen molar-refractivity contribution in [1.29, 1.82) is 0 Å². The molecule has 4 nitrogen and oxygen atoms in total. The van der Waals surface area contributed by atoms with E-state index in [0.29, 0.717) is 6.42 Å². The summed E-state index contributed by atoms with van der Waals surface area (Å²) < 4.78 is 9.68. The number of carbonyl (C=O) groups is 1. The van der Waals surface area contributed by atoms with Gasteiger partial charge < -0.3 is 14.6 Å². The van der Waals surface area contributed by atoms with Gasteiger partial charge in [-0.1, -0.05) is 0 Å². The maximum Gasteiger partial charge on any atom is 0.308 e. The molecule has 0 amide bonds. The lowest BCUT2D eigenvalue weighted by Crippen LogP contribution is -2.37. The molecular weight excluding hydrogens is 172 g/mol. The van der Waals surface area contributed by atoms with E-state index < -0.39 is 6.10 Å². The van der Waals surface area contributed by atoms with E-state index in [1.807, 2.05) is 0 Å². The zero-order valence-corrected chi connectivity index (χ0v) is 8.03. The highest BCUT2D eigenvalue weighted by Gasteiger charge is 2.33. The molecule has 0 aliphatic heterocycles. The van der Waals surface area contributed by atoms with Gasteiger partial charge in [-0.05, 0) is 19.3 Å². The Kier molecular flexibility index (Phi) is 3.69. The van der Waals surface area contributed by atoms with Gasteiger partial charge in [0.2, 0.25) is 0 Å². The van der Waals surface area contributed by atoms with Crippen LogP contribution in [0.1, 0.15) is 19.3 Å². The van der Waals surface area contributed by atoms with E-state index >= 15 is 0 Å². The number of hydrogen-bond donors (Lipinski definition) is 1. The molecule has 0 spiro atoms. The quantitative estimate of drug-likeness (QED) is 0.635. The number of ether oxygens (including phenoxy) is 2. The first-order valence-electron chi connectivity index (χ1n) is 4.47. The Bertz CT molecular complexity index is 180. The van der Waals surface area contributed by atoms with Crippen LogP contribution in [0, 0.1) is 5.92 Å². The molecule has 0 heterocycles. The third-order valence-electron chi connectivity index (χ3n) is 2.59. The Hall–Kier alpha value is -0.610. The standard InChI is InChI=1S/C9H16O4/c1-12-8-4-3-6(5-7(8)10)9(11)13-2/h6-8,10H,3-5H2,1-2H3. The fourth-order valence-corrected chi connectivity index (χ4v) is 1.77. The molecule has 0 aromatic heterocycles. The Balaban J connectivity index is 2.45. The minimum atomic E-state index is -0.539. The summed E-state index contributed by atoms with van der Waals surface area (Å²) in [5.74, 6) is -0.389. The first kappa shape index (κ1) is 10.5. The van der Waals surface area contributed by atoms with Crippen LogP contribution in [0.4, 0.5) is 0 Å². The third-order valence-corrected chi connectivity index (χ3v) is 2.59. The molecular formula is C9H16O4. The normalized spacial score (nSPS) is 34.2. The Labute approximate surface area is 77.8 Å². The highest BCUT2D eigenvalue weighted by atomic mass is 16.5. The van der Waals surface area contributed by atoms with E-state index in [4.69, 9.17) is 4.74 Å². The van der Waals surface area contributed by atoms with Crippen LogP contribution in [0.15, 0.2) is 0 Å². The van der Waals surface area contributed by atoms with Gasteiger partial charge in [0.25, 0.3) is 0 Å². The van der Waals surface area contributed by atoms with Gasteiger partial charge in [0.15, 0.2) is 0 Å². The fraction of sp³-hybridized carbons (Fsp3) is 0.889. The van der Waals surface area contributed by atoms with Crippen LogP contribution >= 0.6 is 0 Å². The average molecular weight is 188 g/mol. The lowest BCUT2D eigenvalue weighted by Gasteiger charge is -2.30. The lowest BCUT2D eigenvalue weighted by molar-refractivity contribution is -0.150. The zero-order valence-electron chi connectivity index (χ0n) is 8.03. The number of aliphatic hydroxyl groups is 1. The van der Waals surface area contributed by atoms with E-state index in [9.17, 15) is 9.90 Å². The van der Waals surface area contributed by atoms with Gasteiger partial charge in [0.1, 0.15) is 0 Å². The maximum atomic E-state index is 11.1. The molecule has 1 N–H and O–H groups in total. The van der Waals surface area contributed by atoms with Gasteiger partial charge in [-0.15, -0.1) is 0 Å². The van der Waals surface area contributed by atoms with Crippen LogP contribution < -0.4 is 0 Å². The predicted molar refractivity (Wildman–Crippen MR) is 46.2 cm³/mol. The minimum Gasteiger partial charge on any atom is -0.469 e. The van der Waals surface area contributed by atoms with Crippen molar-refractivity contribution in [3.05, 3.63) is 0 Å². The first-order valence-corrected chi connectivity index (χ1v) is 4.47. The molecule has 0 saturated heterocycles. The van der Waals surface area contributed by atoms with Crippen LogP contribution in [0.5, 0.6) is 0 Å². The molecule has 3 atom stereocenters. The van der Waals surface area contributed by atoms with Crippen LogP contribution in [0.3, 0.4) is 0 Å². The molecule has 13 heavy (non-hydrogen) atoms. The summed E-state index contributed by atoms with van der Waals surface area (Å²) in [5.41, 5.74) is 0. The highest BCUT2D eigenvalue weighted by Crippen LogP contribution is 2.26. The Morgan fingerprint density at radius 1 is 1.38 bits per heavy atom. The summed E-state index contributed by atoms with van der Waals surface area (Å²) in [5, 5.41) is 9.55. The summed E-state index contributed by atoms with van der Waals surface area (Å²) in [6, 6.07) is 0. The summed E-state index contributed by atoms with van der Waals surface area (Å²) in [6.45, 7) is 0. The van der Waals surface area contributed by atoms with E-state index in [0.717, 1.165) is 12.8 Å². The molecule has 0 bridgehead atoms. The maximum absolute atomic E-state index is 11.1. The molecule has 3 unspecified atom stereocenters. The van der Waals surface area contributed by atoms with Crippen LogP contribution in [0.2, 0.25) is 0 Å². The smallest absolute Gasteiger partial charge is 0.308 e. The number of carbonyl (C=O) groups excluding carboxylic acids is 1. The molecule has 1 saturated carbocycles. The largest absolute Gasteiger partial charge is 0.469 e. The van der Waals surface area contributed by atoms with Crippen molar-refractivity contribution < 1.29 is 19.4 Å². The third kappa shape index (κ3) is 2.42. The molecule has 1 rings (SSSR count). The van der Waals surface area contributed by atoms with E-state index in [-0.39, 0.29) is 18.0 Å². The second-order valence-corrected chi connectivity index (χ2v) is 3.37. The van der Waals surface area contributed by atoms with Gasteiger partial charge in [-0.25, -0.2) is 0 Å². The first-order chi connectivity index (χ1) is 6.19. The Morgan fingerprint density at radius 3 is 2.54 bits per heavy atom. The topological polar surface area (TPSA) is 55.8 Å². The molecule has 0 radical (unpaired) electrons. The molecule has 0 aromatic rings. The summed E-state index contributed by atoms with van der Waals surface area (Å²) in [7, 11) is 2.95.